The van der Waals surface area contributed by atoms with Crippen LogP contribution in [0.3, 0.4) is 0 Å². The van der Waals surface area contributed by atoms with Crippen LogP contribution in [-0.2, 0) is 26.0 Å². The fraction of sp³-hybridized carbons (Fsp3) is 0.600. The van der Waals surface area contributed by atoms with Gasteiger partial charge in [-0.05, 0) is 76.0 Å². The number of nitrogens with two attached hydrogens (primary N) is 1. The standard InChI is InChI=1S/C30H41ClFN5O4S/c1-18-12-21(13-19(2)41-18)28(20-5-7-22(31)8-6-20)29(33)30(38)36-27-16-34-15-26(32)25(27)10-9-24-14-35-23-4-3-11-42(39,40)37(24)17-23/h5-8,15-16,18-19,21,23-24,28-29,35H,3-4,9-14,17,33H2,1-2H3,(H,36,38)/t18-,19+,21+,23-,24+,28+,29+/m1/s1. The van der Waals surface area contributed by atoms with E-state index in [0.29, 0.717) is 31.0 Å². The Kier molecular flexibility index (Phi) is 9.86. The number of amides is 1. The van der Waals surface area contributed by atoms with Gasteiger partial charge in [-0.1, -0.05) is 23.7 Å². The lowest BCUT2D eigenvalue weighted by Gasteiger charge is -2.39. The molecule has 2 bridgehead atoms. The van der Waals surface area contributed by atoms with Crippen molar-refractivity contribution in [3.05, 3.63) is 58.6 Å². The zero-order chi connectivity index (χ0) is 30.0. The number of sulfonamides is 1. The van der Waals surface area contributed by atoms with Crippen molar-refractivity contribution in [2.24, 2.45) is 11.7 Å². The molecule has 1 aromatic heterocycles. The number of fused-ring (bicyclic) bond motifs is 2. The molecule has 0 radical (unpaired) electrons. The van der Waals surface area contributed by atoms with Crippen LogP contribution >= 0.6 is 11.6 Å². The van der Waals surface area contributed by atoms with Crippen molar-refractivity contribution in [2.75, 3.05) is 24.2 Å². The zero-order valence-electron chi connectivity index (χ0n) is 24.1. The van der Waals surface area contributed by atoms with E-state index in [4.69, 9.17) is 22.1 Å². The summed E-state index contributed by atoms with van der Waals surface area (Å²) in [6, 6.07) is 6.31. The first-order valence-corrected chi connectivity index (χ1v) is 16.8. The summed E-state index contributed by atoms with van der Waals surface area (Å²) in [5, 5.41) is 6.90. The molecule has 1 aromatic carbocycles. The van der Waals surface area contributed by atoms with Crippen molar-refractivity contribution < 1.29 is 22.3 Å². The molecule has 8 atom stereocenters. The highest BCUT2D eigenvalue weighted by Gasteiger charge is 2.39. The van der Waals surface area contributed by atoms with Crippen LogP contribution in [0.5, 0.6) is 0 Å². The molecule has 9 nitrogen and oxygen atoms in total. The van der Waals surface area contributed by atoms with Gasteiger partial charge in [-0.2, -0.15) is 4.31 Å². The summed E-state index contributed by atoms with van der Waals surface area (Å²) in [4.78, 5) is 17.7. The van der Waals surface area contributed by atoms with Crippen LogP contribution in [0.15, 0.2) is 36.7 Å². The fourth-order valence-electron chi connectivity index (χ4n) is 6.97. The molecular formula is C30H41ClFN5O4S. The van der Waals surface area contributed by atoms with E-state index in [1.165, 1.54) is 6.20 Å². The number of piperazine rings is 1. The third kappa shape index (κ3) is 7.14. The van der Waals surface area contributed by atoms with Crippen LogP contribution < -0.4 is 16.4 Å². The number of nitrogens with one attached hydrogen (secondary N) is 2. The Morgan fingerprint density at radius 1 is 1.24 bits per heavy atom. The molecule has 0 aliphatic carbocycles. The number of rotatable bonds is 8. The molecule has 12 heteroatoms. The Balaban J connectivity index is 1.34. The minimum Gasteiger partial charge on any atom is -0.376 e. The van der Waals surface area contributed by atoms with Crippen molar-refractivity contribution in [1.29, 1.82) is 0 Å². The molecule has 3 saturated heterocycles. The molecule has 5 rings (SSSR count). The van der Waals surface area contributed by atoms with E-state index >= 15 is 4.39 Å². The number of halogens is 2. The Morgan fingerprint density at radius 3 is 2.67 bits per heavy atom. The number of ether oxygens (including phenoxy) is 1. The first-order chi connectivity index (χ1) is 20.0. The van der Waals surface area contributed by atoms with Gasteiger partial charge in [0, 0.05) is 41.7 Å². The Hall–Kier alpha value is -2.15. The number of pyridine rings is 1. The summed E-state index contributed by atoms with van der Waals surface area (Å²) in [6.07, 6.45) is 6.18. The fourth-order valence-corrected chi connectivity index (χ4v) is 8.90. The minimum absolute atomic E-state index is 0.0282. The van der Waals surface area contributed by atoms with Crippen molar-refractivity contribution in [1.82, 2.24) is 14.6 Å². The SMILES string of the molecule is C[C@@H]1C[C@H]([C@H](c2ccc(Cl)cc2)[C@H](N)C(=O)Nc2cncc(F)c2CC[C@H]2CN[C@@H]3CCCS(=O)(=O)N2C3)C[C@H](C)O1. The molecule has 2 aromatic rings. The van der Waals surface area contributed by atoms with Gasteiger partial charge in [0.05, 0.1) is 42.1 Å². The molecule has 0 spiro atoms. The predicted octanol–water partition coefficient (Wildman–Crippen LogP) is 3.83. The van der Waals surface area contributed by atoms with Crippen molar-refractivity contribution in [2.45, 2.75) is 88.6 Å². The van der Waals surface area contributed by atoms with E-state index in [2.05, 4.69) is 15.6 Å². The van der Waals surface area contributed by atoms with Gasteiger partial charge in [-0.25, -0.2) is 12.8 Å². The highest BCUT2D eigenvalue weighted by molar-refractivity contribution is 7.89. The van der Waals surface area contributed by atoms with Crippen molar-refractivity contribution in [3.63, 3.8) is 0 Å². The van der Waals surface area contributed by atoms with E-state index < -0.39 is 27.8 Å². The largest absolute Gasteiger partial charge is 0.376 e. The maximum atomic E-state index is 15.1. The second-order valence-electron chi connectivity index (χ2n) is 12.1. The summed E-state index contributed by atoms with van der Waals surface area (Å²) in [6.45, 7) is 4.99. The topological polar surface area (TPSA) is 127 Å². The lowest BCUT2D eigenvalue weighted by molar-refractivity contribution is -0.119. The lowest BCUT2D eigenvalue weighted by atomic mass is 9.74. The highest BCUT2D eigenvalue weighted by Crippen LogP contribution is 2.39. The Morgan fingerprint density at radius 2 is 1.95 bits per heavy atom. The van der Waals surface area contributed by atoms with Gasteiger partial charge in [-0.3, -0.25) is 9.78 Å². The lowest BCUT2D eigenvalue weighted by Crippen LogP contribution is -2.57. The van der Waals surface area contributed by atoms with Gasteiger partial charge in [0.25, 0.3) is 0 Å². The summed E-state index contributed by atoms with van der Waals surface area (Å²) in [7, 11) is -3.37. The third-order valence-corrected chi connectivity index (χ3v) is 11.2. The monoisotopic (exact) mass is 621 g/mol. The number of carbonyl (C=O) groups excluding carboxylic acids is 1. The van der Waals surface area contributed by atoms with Crippen LogP contribution in [-0.4, -0.2) is 72.8 Å². The second kappa shape index (κ2) is 13.2. The summed E-state index contributed by atoms with van der Waals surface area (Å²) in [5.74, 6) is -1.08. The summed E-state index contributed by atoms with van der Waals surface area (Å²) in [5.41, 5.74) is 8.15. The minimum atomic E-state index is -3.37. The molecule has 0 saturated carbocycles. The van der Waals surface area contributed by atoms with Gasteiger partial charge in [0.1, 0.15) is 5.82 Å². The molecule has 1 unspecified atom stereocenters. The molecule has 230 valence electrons. The molecule has 4 heterocycles. The number of hydrogen-bond donors (Lipinski definition) is 3. The molecule has 1 amide bonds. The number of hydrogen-bond acceptors (Lipinski definition) is 7. The molecule has 3 aliphatic heterocycles. The van der Waals surface area contributed by atoms with Crippen molar-refractivity contribution in [3.8, 4) is 0 Å². The van der Waals surface area contributed by atoms with Crippen LogP contribution in [0.1, 0.15) is 63.0 Å². The number of carbonyl (C=O) groups is 1. The number of benzene rings is 1. The number of nitrogens with zero attached hydrogens (tertiary/aromatic N) is 2. The summed E-state index contributed by atoms with van der Waals surface area (Å²) < 4.78 is 48.5. The quantitative estimate of drug-likeness (QED) is 0.409. The molecule has 3 aliphatic rings. The van der Waals surface area contributed by atoms with Gasteiger partial charge in [0.15, 0.2) is 0 Å². The number of aromatic nitrogens is 1. The maximum absolute atomic E-state index is 15.1. The van der Waals surface area contributed by atoms with Gasteiger partial charge < -0.3 is 21.1 Å². The van der Waals surface area contributed by atoms with E-state index in [0.717, 1.165) is 31.0 Å². The third-order valence-electron chi connectivity index (χ3n) is 8.94. The van der Waals surface area contributed by atoms with Gasteiger partial charge in [-0.15, -0.1) is 0 Å². The highest BCUT2D eigenvalue weighted by atomic mass is 35.5. The van der Waals surface area contributed by atoms with E-state index in [9.17, 15) is 13.2 Å². The molecular weight excluding hydrogens is 581 g/mol. The van der Waals surface area contributed by atoms with E-state index in [1.807, 2.05) is 26.0 Å². The average molecular weight is 622 g/mol. The van der Waals surface area contributed by atoms with Crippen LogP contribution in [0, 0.1) is 11.7 Å². The Bertz CT molecular complexity index is 1350. The van der Waals surface area contributed by atoms with E-state index in [-0.39, 0.29) is 59.6 Å². The van der Waals surface area contributed by atoms with Gasteiger partial charge >= 0.3 is 0 Å². The molecule has 4 N–H and O–H groups in total. The zero-order valence-corrected chi connectivity index (χ0v) is 25.7. The van der Waals surface area contributed by atoms with Crippen LogP contribution in [0.2, 0.25) is 5.02 Å². The first-order valence-electron chi connectivity index (χ1n) is 14.8. The van der Waals surface area contributed by atoms with Crippen LogP contribution in [0.4, 0.5) is 10.1 Å². The predicted molar refractivity (Wildman–Crippen MR) is 161 cm³/mol. The van der Waals surface area contributed by atoms with Gasteiger partial charge in [0.2, 0.25) is 15.9 Å². The average Bonchev–Trinajstić information content (AvgIpc) is 3.05. The normalized spacial score (nSPS) is 30.6. The summed E-state index contributed by atoms with van der Waals surface area (Å²) >= 11 is 6.15. The smallest absolute Gasteiger partial charge is 0.241 e. The number of anilines is 1. The Labute approximate surface area is 252 Å². The molecule has 42 heavy (non-hydrogen) atoms. The van der Waals surface area contributed by atoms with Crippen LogP contribution in [0.25, 0.3) is 0 Å². The van der Waals surface area contributed by atoms with Crippen molar-refractivity contribution >= 4 is 33.2 Å². The maximum Gasteiger partial charge on any atom is 0.241 e. The second-order valence-corrected chi connectivity index (χ2v) is 14.5. The molecule has 3 fully saturated rings. The first kappa shape index (κ1) is 31.3. The van der Waals surface area contributed by atoms with E-state index in [1.54, 1.807) is 16.4 Å².